The van der Waals surface area contributed by atoms with Gasteiger partial charge in [-0.3, -0.25) is 0 Å². The van der Waals surface area contributed by atoms with E-state index in [1.807, 2.05) is 0 Å². The van der Waals surface area contributed by atoms with Crippen molar-refractivity contribution in [1.29, 1.82) is 0 Å². The van der Waals surface area contributed by atoms with Gasteiger partial charge in [-0.05, 0) is 25.2 Å². The summed E-state index contributed by atoms with van der Waals surface area (Å²) in [4.78, 5) is 2.43. The Morgan fingerprint density at radius 3 is 2.45 bits per heavy atom. The summed E-state index contributed by atoms with van der Waals surface area (Å²) < 4.78 is 0. The zero-order valence-corrected chi connectivity index (χ0v) is 7.77. The monoisotopic (exact) mass is 153 g/mol. The summed E-state index contributed by atoms with van der Waals surface area (Å²) in [5, 5.41) is 0. The van der Waals surface area contributed by atoms with Crippen molar-refractivity contribution in [3.05, 3.63) is 12.3 Å². The SMILES string of the molecule is C=C(CC)N1CCC(C)CC1. The fourth-order valence-electron chi connectivity index (χ4n) is 1.55. The highest BCUT2D eigenvalue weighted by molar-refractivity contribution is 4.94. The number of allylic oxidation sites excluding steroid dienone is 1. The standard InChI is InChI=1S/C10H19N/c1-4-10(3)11-7-5-9(2)6-8-11/h9H,3-8H2,1-2H3. The van der Waals surface area contributed by atoms with Crippen LogP contribution in [-0.2, 0) is 0 Å². The van der Waals surface area contributed by atoms with Crippen LogP contribution >= 0.6 is 0 Å². The van der Waals surface area contributed by atoms with E-state index >= 15 is 0 Å². The second-order valence-corrected chi connectivity index (χ2v) is 3.59. The molecule has 0 aromatic carbocycles. The molecule has 11 heavy (non-hydrogen) atoms. The van der Waals surface area contributed by atoms with Crippen LogP contribution in [0.4, 0.5) is 0 Å². The summed E-state index contributed by atoms with van der Waals surface area (Å²) in [6.07, 6.45) is 3.80. The smallest absolute Gasteiger partial charge is 0.0177 e. The second-order valence-electron chi connectivity index (χ2n) is 3.59. The van der Waals surface area contributed by atoms with Gasteiger partial charge in [-0.15, -0.1) is 0 Å². The predicted octanol–water partition coefficient (Wildman–Crippen LogP) is 2.64. The highest BCUT2D eigenvalue weighted by Gasteiger charge is 2.15. The maximum absolute atomic E-state index is 4.05. The molecule has 1 heteroatoms. The van der Waals surface area contributed by atoms with Gasteiger partial charge in [0.25, 0.3) is 0 Å². The van der Waals surface area contributed by atoms with E-state index in [9.17, 15) is 0 Å². The molecule has 0 unspecified atom stereocenters. The molecule has 0 aliphatic carbocycles. The van der Waals surface area contributed by atoms with Crippen molar-refractivity contribution in [2.45, 2.75) is 33.1 Å². The number of piperidine rings is 1. The molecule has 0 amide bonds. The van der Waals surface area contributed by atoms with Gasteiger partial charge in [-0.1, -0.05) is 20.4 Å². The average Bonchev–Trinajstić information content (AvgIpc) is 2.05. The third-order valence-corrected chi connectivity index (χ3v) is 2.64. The molecule has 1 aliphatic heterocycles. The van der Waals surface area contributed by atoms with Gasteiger partial charge in [0.1, 0.15) is 0 Å². The van der Waals surface area contributed by atoms with Crippen LogP contribution in [0.5, 0.6) is 0 Å². The normalized spacial score (nSPS) is 20.4. The first kappa shape index (κ1) is 8.63. The highest BCUT2D eigenvalue weighted by atomic mass is 15.1. The van der Waals surface area contributed by atoms with Crippen molar-refractivity contribution in [2.24, 2.45) is 5.92 Å². The van der Waals surface area contributed by atoms with Crippen molar-refractivity contribution in [2.75, 3.05) is 13.1 Å². The van der Waals surface area contributed by atoms with Crippen LogP contribution in [0.2, 0.25) is 0 Å². The summed E-state index contributed by atoms with van der Waals surface area (Å²) >= 11 is 0. The van der Waals surface area contributed by atoms with Gasteiger partial charge in [-0.2, -0.15) is 0 Å². The van der Waals surface area contributed by atoms with Crippen LogP contribution in [0.3, 0.4) is 0 Å². The van der Waals surface area contributed by atoms with Crippen molar-refractivity contribution in [3.8, 4) is 0 Å². The molecule has 1 saturated heterocycles. The zero-order valence-electron chi connectivity index (χ0n) is 7.77. The van der Waals surface area contributed by atoms with Gasteiger partial charge >= 0.3 is 0 Å². The Balaban J connectivity index is 2.33. The van der Waals surface area contributed by atoms with E-state index in [2.05, 4.69) is 25.3 Å². The van der Waals surface area contributed by atoms with E-state index in [0.717, 1.165) is 12.3 Å². The van der Waals surface area contributed by atoms with Gasteiger partial charge in [0, 0.05) is 18.8 Å². The van der Waals surface area contributed by atoms with Crippen molar-refractivity contribution >= 4 is 0 Å². The van der Waals surface area contributed by atoms with E-state index < -0.39 is 0 Å². The molecule has 0 aromatic heterocycles. The number of rotatable bonds is 2. The molecule has 0 radical (unpaired) electrons. The lowest BCUT2D eigenvalue weighted by molar-refractivity contribution is 0.233. The van der Waals surface area contributed by atoms with Crippen molar-refractivity contribution in [3.63, 3.8) is 0 Å². The van der Waals surface area contributed by atoms with E-state index in [4.69, 9.17) is 0 Å². The lowest BCUT2D eigenvalue weighted by Gasteiger charge is -2.33. The summed E-state index contributed by atoms with van der Waals surface area (Å²) in [7, 11) is 0. The Morgan fingerprint density at radius 1 is 1.45 bits per heavy atom. The molecule has 0 aromatic rings. The van der Waals surface area contributed by atoms with E-state index in [1.165, 1.54) is 31.6 Å². The van der Waals surface area contributed by atoms with Gasteiger partial charge in [-0.25, -0.2) is 0 Å². The molecule has 1 nitrogen and oxygen atoms in total. The van der Waals surface area contributed by atoms with Crippen LogP contribution in [0, 0.1) is 5.92 Å². The Labute approximate surface area is 70.1 Å². The van der Waals surface area contributed by atoms with Gasteiger partial charge in [0.2, 0.25) is 0 Å². The zero-order chi connectivity index (χ0) is 8.27. The fourth-order valence-corrected chi connectivity index (χ4v) is 1.55. The first-order chi connectivity index (χ1) is 5.24. The van der Waals surface area contributed by atoms with E-state index in [1.54, 1.807) is 0 Å². The first-order valence-electron chi connectivity index (χ1n) is 4.66. The maximum atomic E-state index is 4.05. The lowest BCUT2D eigenvalue weighted by atomic mass is 9.99. The predicted molar refractivity (Wildman–Crippen MR) is 49.4 cm³/mol. The van der Waals surface area contributed by atoms with E-state index in [0.29, 0.717) is 0 Å². The van der Waals surface area contributed by atoms with Crippen LogP contribution < -0.4 is 0 Å². The largest absolute Gasteiger partial charge is 0.375 e. The molecule has 1 heterocycles. The second kappa shape index (κ2) is 3.80. The Bertz CT molecular complexity index is 132. The molecule has 0 atom stereocenters. The lowest BCUT2D eigenvalue weighted by Crippen LogP contribution is -2.31. The Hall–Kier alpha value is -0.460. The minimum atomic E-state index is 0.927. The van der Waals surface area contributed by atoms with Crippen molar-refractivity contribution in [1.82, 2.24) is 4.90 Å². The first-order valence-corrected chi connectivity index (χ1v) is 4.66. The van der Waals surface area contributed by atoms with E-state index in [-0.39, 0.29) is 0 Å². The highest BCUT2D eigenvalue weighted by Crippen LogP contribution is 2.19. The topological polar surface area (TPSA) is 3.24 Å². The minimum Gasteiger partial charge on any atom is -0.375 e. The molecule has 0 N–H and O–H groups in total. The molecule has 0 spiro atoms. The number of hydrogen-bond acceptors (Lipinski definition) is 1. The van der Waals surface area contributed by atoms with Crippen LogP contribution in [0.15, 0.2) is 12.3 Å². The van der Waals surface area contributed by atoms with Crippen LogP contribution in [0.25, 0.3) is 0 Å². The summed E-state index contributed by atoms with van der Waals surface area (Å²) in [5.41, 5.74) is 1.32. The summed E-state index contributed by atoms with van der Waals surface area (Å²) in [5.74, 6) is 0.927. The third-order valence-electron chi connectivity index (χ3n) is 2.64. The number of hydrogen-bond donors (Lipinski definition) is 0. The summed E-state index contributed by atoms with van der Waals surface area (Å²) in [6.45, 7) is 11.0. The van der Waals surface area contributed by atoms with Gasteiger partial charge < -0.3 is 4.90 Å². The molecule has 64 valence electrons. The van der Waals surface area contributed by atoms with Crippen LogP contribution in [-0.4, -0.2) is 18.0 Å². The van der Waals surface area contributed by atoms with Gasteiger partial charge in [0.05, 0.1) is 0 Å². The maximum Gasteiger partial charge on any atom is 0.0177 e. The minimum absolute atomic E-state index is 0.927. The fraction of sp³-hybridized carbons (Fsp3) is 0.800. The Kier molecular flexibility index (Phi) is 2.98. The van der Waals surface area contributed by atoms with Crippen LogP contribution in [0.1, 0.15) is 33.1 Å². The molecule has 0 bridgehead atoms. The molecule has 1 aliphatic rings. The van der Waals surface area contributed by atoms with Gasteiger partial charge in [0.15, 0.2) is 0 Å². The quantitative estimate of drug-likeness (QED) is 0.589. The third kappa shape index (κ3) is 2.25. The number of likely N-dealkylation sites (tertiary alicyclic amines) is 1. The molecular weight excluding hydrogens is 134 g/mol. The molecule has 1 fully saturated rings. The Morgan fingerprint density at radius 2 is 2.00 bits per heavy atom. The molecule has 0 saturated carbocycles. The summed E-state index contributed by atoms with van der Waals surface area (Å²) in [6, 6.07) is 0. The average molecular weight is 153 g/mol. The number of nitrogens with zero attached hydrogens (tertiary/aromatic N) is 1. The van der Waals surface area contributed by atoms with Crippen molar-refractivity contribution < 1.29 is 0 Å². The molecule has 1 rings (SSSR count). The molecular formula is C10H19N.